The summed E-state index contributed by atoms with van der Waals surface area (Å²) in [6.07, 6.45) is 1.76. The van der Waals surface area contributed by atoms with Crippen molar-refractivity contribution in [2.45, 2.75) is 12.6 Å². The molecule has 5 rings (SSSR count). The Morgan fingerprint density at radius 1 is 0.941 bits per heavy atom. The summed E-state index contributed by atoms with van der Waals surface area (Å²) in [5.41, 5.74) is 2.76. The molecule has 1 atom stereocenters. The molecule has 0 saturated heterocycles. The largest absolute Gasteiger partial charge is 0.507 e. The van der Waals surface area contributed by atoms with Gasteiger partial charge in [-0.15, -0.1) is 11.3 Å². The maximum atomic E-state index is 11.2. The number of nitrogens with one attached hydrogen (secondary N) is 1. The van der Waals surface area contributed by atoms with Crippen LogP contribution in [0.15, 0.2) is 96.5 Å². The third-order valence-corrected chi connectivity index (χ3v) is 6.41. The monoisotopic (exact) mass is 468 g/mol. The van der Waals surface area contributed by atoms with Gasteiger partial charge in [-0.05, 0) is 28.6 Å². The van der Waals surface area contributed by atoms with Crippen LogP contribution in [0.2, 0.25) is 0 Å². The standard InChI is InChI=1S/C28H24N2O3S/c1-32-25-17-21(12-14-24(25)33-18-19-7-3-2-4-8-19)26(30-28-29-15-16-34-28)23-13-11-20-9-5-6-10-22(20)27(23)31/h2-17,26,31H,18H2,1H3,(H,29,30)/t26-/m0/s1. The summed E-state index contributed by atoms with van der Waals surface area (Å²) in [7, 11) is 1.63. The average Bonchev–Trinajstić information content (AvgIpc) is 3.41. The van der Waals surface area contributed by atoms with E-state index in [2.05, 4.69) is 10.3 Å². The lowest BCUT2D eigenvalue weighted by molar-refractivity contribution is 0.284. The number of hydrogen-bond acceptors (Lipinski definition) is 6. The number of phenols is 1. The second-order valence-corrected chi connectivity index (χ2v) is 8.72. The molecule has 0 aliphatic heterocycles. The summed E-state index contributed by atoms with van der Waals surface area (Å²) in [4.78, 5) is 4.39. The Kier molecular flexibility index (Phi) is 6.31. The molecule has 170 valence electrons. The van der Waals surface area contributed by atoms with Crippen LogP contribution in [0.4, 0.5) is 5.13 Å². The van der Waals surface area contributed by atoms with Crippen molar-refractivity contribution >= 4 is 27.2 Å². The summed E-state index contributed by atoms with van der Waals surface area (Å²) < 4.78 is 11.7. The molecule has 1 aromatic heterocycles. The maximum Gasteiger partial charge on any atom is 0.183 e. The first-order chi connectivity index (χ1) is 16.7. The Hall–Kier alpha value is -4.03. The number of aromatic nitrogens is 1. The Balaban J connectivity index is 1.52. The van der Waals surface area contributed by atoms with Gasteiger partial charge in [-0.3, -0.25) is 0 Å². The summed E-state index contributed by atoms with van der Waals surface area (Å²) in [5.74, 6) is 1.53. The van der Waals surface area contributed by atoms with E-state index in [1.807, 2.05) is 90.3 Å². The Morgan fingerprint density at radius 3 is 2.56 bits per heavy atom. The first kappa shape index (κ1) is 21.8. The zero-order chi connectivity index (χ0) is 23.3. The lowest BCUT2D eigenvalue weighted by Gasteiger charge is -2.22. The first-order valence-corrected chi connectivity index (χ1v) is 11.8. The molecule has 0 aliphatic rings. The summed E-state index contributed by atoms with van der Waals surface area (Å²) in [5, 5.41) is 19.1. The van der Waals surface area contributed by atoms with E-state index < -0.39 is 0 Å². The molecule has 0 saturated carbocycles. The van der Waals surface area contributed by atoms with Crippen LogP contribution in [-0.4, -0.2) is 17.2 Å². The van der Waals surface area contributed by atoms with Crippen LogP contribution in [0, 0.1) is 0 Å². The van der Waals surface area contributed by atoms with Crippen LogP contribution < -0.4 is 14.8 Å². The SMILES string of the molecule is COc1cc([C@H](Nc2nccs2)c2ccc3ccccc3c2O)ccc1OCc1ccccc1. The third-order valence-electron chi connectivity index (χ3n) is 5.70. The van der Waals surface area contributed by atoms with Crippen molar-refractivity contribution in [1.29, 1.82) is 0 Å². The predicted octanol–water partition coefficient (Wildman–Crippen LogP) is 6.79. The van der Waals surface area contributed by atoms with E-state index in [1.165, 1.54) is 11.3 Å². The summed E-state index contributed by atoms with van der Waals surface area (Å²) in [6.45, 7) is 0.447. The number of hydrogen-bond donors (Lipinski definition) is 2. The molecule has 5 aromatic rings. The molecule has 0 bridgehead atoms. The molecule has 0 unspecified atom stereocenters. The molecule has 0 amide bonds. The molecular formula is C28H24N2O3S. The molecule has 0 fully saturated rings. The number of nitrogens with zero attached hydrogens (tertiary/aromatic N) is 1. The predicted molar refractivity (Wildman–Crippen MR) is 137 cm³/mol. The quantitative estimate of drug-likeness (QED) is 0.262. The number of anilines is 1. The highest BCUT2D eigenvalue weighted by atomic mass is 32.1. The average molecular weight is 469 g/mol. The first-order valence-electron chi connectivity index (χ1n) is 10.9. The van der Waals surface area contributed by atoms with E-state index in [0.717, 1.165) is 32.6 Å². The highest BCUT2D eigenvalue weighted by Gasteiger charge is 2.22. The number of methoxy groups -OCH3 is 1. The third kappa shape index (κ3) is 4.54. The number of rotatable bonds is 8. The number of aromatic hydroxyl groups is 1. The minimum absolute atomic E-state index is 0.246. The van der Waals surface area contributed by atoms with Gasteiger partial charge in [0.1, 0.15) is 12.4 Å². The zero-order valence-electron chi connectivity index (χ0n) is 18.6. The second-order valence-electron chi connectivity index (χ2n) is 7.82. The minimum Gasteiger partial charge on any atom is -0.507 e. The van der Waals surface area contributed by atoms with E-state index >= 15 is 0 Å². The molecule has 1 heterocycles. The van der Waals surface area contributed by atoms with Crippen LogP contribution in [-0.2, 0) is 6.61 Å². The Morgan fingerprint density at radius 2 is 1.76 bits per heavy atom. The van der Waals surface area contributed by atoms with Crippen LogP contribution >= 0.6 is 11.3 Å². The van der Waals surface area contributed by atoms with Gasteiger partial charge in [0.25, 0.3) is 0 Å². The minimum atomic E-state index is -0.340. The highest BCUT2D eigenvalue weighted by molar-refractivity contribution is 7.13. The van der Waals surface area contributed by atoms with E-state index in [4.69, 9.17) is 9.47 Å². The molecule has 2 N–H and O–H groups in total. The normalized spacial score (nSPS) is 11.8. The fraction of sp³-hybridized carbons (Fsp3) is 0.107. The molecular weight excluding hydrogens is 444 g/mol. The van der Waals surface area contributed by atoms with Crippen molar-refractivity contribution in [2.75, 3.05) is 12.4 Å². The number of fused-ring (bicyclic) bond motifs is 1. The highest BCUT2D eigenvalue weighted by Crippen LogP contribution is 2.40. The van der Waals surface area contributed by atoms with Crippen LogP contribution in [0.1, 0.15) is 22.7 Å². The van der Waals surface area contributed by atoms with Gasteiger partial charge in [-0.2, -0.15) is 0 Å². The van der Waals surface area contributed by atoms with Gasteiger partial charge >= 0.3 is 0 Å². The van der Waals surface area contributed by atoms with Crippen molar-refractivity contribution in [3.63, 3.8) is 0 Å². The number of phenolic OH excluding ortho intramolecular Hbond substituents is 1. The number of ether oxygens (including phenoxy) is 2. The topological polar surface area (TPSA) is 63.6 Å². The van der Waals surface area contributed by atoms with E-state index in [-0.39, 0.29) is 11.8 Å². The van der Waals surface area contributed by atoms with Crippen molar-refractivity contribution in [3.8, 4) is 17.2 Å². The molecule has 34 heavy (non-hydrogen) atoms. The Bertz CT molecular complexity index is 1390. The molecule has 0 radical (unpaired) electrons. The van der Waals surface area contributed by atoms with E-state index in [0.29, 0.717) is 18.1 Å². The lowest BCUT2D eigenvalue weighted by Crippen LogP contribution is -2.13. The van der Waals surface area contributed by atoms with Crippen LogP contribution in [0.3, 0.4) is 0 Å². The van der Waals surface area contributed by atoms with Gasteiger partial charge in [-0.25, -0.2) is 4.98 Å². The van der Waals surface area contributed by atoms with Crippen molar-refractivity contribution in [3.05, 3.63) is 113 Å². The summed E-state index contributed by atoms with van der Waals surface area (Å²) in [6, 6.07) is 27.3. The molecule has 6 heteroatoms. The maximum absolute atomic E-state index is 11.2. The van der Waals surface area contributed by atoms with Gasteiger partial charge in [0.05, 0.1) is 13.2 Å². The molecule has 4 aromatic carbocycles. The van der Waals surface area contributed by atoms with Gasteiger partial charge in [0.15, 0.2) is 16.6 Å². The number of thiazole rings is 1. The molecule has 0 spiro atoms. The molecule has 5 nitrogen and oxygen atoms in total. The van der Waals surface area contributed by atoms with Crippen LogP contribution in [0.25, 0.3) is 10.8 Å². The van der Waals surface area contributed by atoms with Gasteiger partial charge in [-0.1, -0.05) is 72.8 Å². The van der Waals surface area contributed by atoms with Gasteiger partial charge in [0.2, 0.25) is 0 Å². The van der Waals surface area contributed by atoms with Crippen molar-refractivity contribution in [1.82, 2.24) is 4.98 Å². The van der Waals surface area contributed by atoms with Crippen molar-refractivity contribution in [2.24, 2.45) is 0 Å². The zero-order valence-corrected chi connectivity index (χ0v) is 19.5. The fourth-order valence-corrected chi connectivity index (χ4v) is 4.54. The van der Waals surface area contributed by atoms with E-state index in [1.54, 1.807) is 13.3 Å². The van der Waals surface area contributed by atoms with Gasteiger partial charge in [0, 0.05) is 22.5 Å². The molecule has 0 aliphatic carbocycles. The fourth-order valence-electron chi connectivity index (χ4n) is 3.98. The smallest absolute Gasteiger partial charge is 0.183 e. The summed E-state index contributed by atoms with van der Waals surface area (Å²) >= 11 is 1.51. The number of benzene rings is 4. The van der Waals surface area contributed by atoms with Crippen LogP contribution in [0.5, 0.6) is 17.2 Å². The van der Waals surface area contributed by atoms with E-state index in [9.17, 15) is 5.11 Å². The second kappa shape index (κ2) is 9.85. The Labute approximate surface area is 202 Å². The lowest BCUT2D eigenvalue weighted by atomic mass is 9.94. The van der Waals surface area contributed by atoms with Gasteiger partial charge < -0.3 is 19.9 Å². The van der Waals surface area contributed by atoms with Crippen molar-refractivity contribution < 1.29 is 14.6 Å².